The maximum Gasteiger partial charge on any atom is 0.235 e. The van der Waals surface area contributed by atoms with E-state index in [-0.39, 0.29) is 10.9 Å². The van der Waals surface area contributed by atoms with Crippen molar-refractivity contribution in [3.05, 3.63) is 29.8 Å². The summed E-state index contributed by atoms with van der Waals surface area (Å²) < 4.78 is 25.2. The Hall–Kier alpha value is -1.45. The molecule has 4 nitrogen and oxygen atoms in total. The molecular formula is C15H17NO3S2. The number of benzene rings is 1. The van der Waals surface area contributed by atoms with Gasteiger partial charge in [-0.2, -0.15) is 0 Å². The molecule has 2 rings (SSSR count). The number of rotatable bonds is 3. The van der Waals surface area contributed by atoms with Crippen molar-refractivity contribution in [1.29, 1.82) is 0 Å². The van der Waals surface area contributed by atoms with E-state index >= 15 is 0 Å². The third-order valence-electron chi connectivity index (χ3n) is 3.00. The zero-order chi connectivity index (χ0) is 15.3. The maximum atomic E-state index is 11.9. The number of hydrogen-bond acceptors (Lipinski definition) is 4. The van der Waals surface area contributed by atoms with Gasteiger partial charge in [0.2, 0.25) is 10.0 Å². The van der Waals surface area contributed by atoms with E-state index in [1.54, 1.807) is 12.1 Å². The van der Waals surface area contributed by atoms with E-state index in [1.165, 1.54) is 23.0 Å². The van der Waals surface area contributed by atoms with Gasteiger partial charge in [-0.3, -0.25) is 9.10 Å². The molecule has 1 aromatic rings. The predicted molar refractivity (Wildman–Crippen MR) is 86.8 cm³/mol. The Labute approximate surface area is 130 Å². The molecule has 0 radical (unpaired) electrons. The number of thioether (sulfide) groups is 1. The van der Waals surface area contributed by atoms with Gasteiger partial charge in [-0.1, -0.05) is 29.7 Å². The summed E-state index contributed by atoms with van der Waals surface area (Å²) in [6, 6.07) is 7.27. The molecular weight excluding hydrogens is 306 g/mol. The van der Waals surface area contributed by atoms with Crippen molar-refractivity contribution in [2.24, 2.45) is 0 Å². The van der Waals surface area contributed by atoms with Crippen LogP contribution in [0.25, 0.3) is 0 Å². The summed E-state index contributed by atoms with van der Waals surface area (Å²) in [5, 5.41) is 0.0954. The van der Waals surface area contributed by atoms with Crippen molar-refractivity contribution in [1.82, 2.24) is 0 Å². The minimum Gasteiger partial charge on any atom is -0.288 e. The van der Waals surface area contributed by atoms with Gasteiger partial charge in [-0.05, 0) is 24.6 Å². The molecule has 0 amide bonds. The molecule has 1 fully saturated rings. The SMILES string of the molecule is CC(=O)SCCC#Cc1cccc(N2CCCS2(=O)=O)c1. The second kappa shape index (κ2) is 7.01. The standard InChI is InChI=1S/C15H17NO3S2/c1-13(17)20-10-3-2-6-14-7-4-8-15(12-14)16-9-5-11-21(16,18)19/h4,7-8,12H,3,5,9-11H2,1H3. The molecule has 1 aliphatic rings. The van der Waals surface area contributed by atoms with E-state index in [1.807, 2.05) is 12.1 Å². The Balaban J connectivity index is 2.05. The fourth-order valence-electron chi connectivity index (χ4n) is 2.08. The van der Waals surface area contributed by atoms with Crippen LogP contribution in [-0.2, 0) is 14.8 Å². The lowest BCUT2D eigenvalue weighted by Crippen LogP contribution is -2.24. The molecule has 112 valence electrons. The van der Waals surface area contributed by atoms with Gasteiger partial charge in [-0.15, -0.1) is 0 Å². The minimum absolute atomic E-state index is 0.0954. The Kier molecular flexibility index (Phi) is 5.32. The highest BCUT2D eigenvalue weighted by molar-refractivity contribution is 8.13. The van der Waals surface area contributed by atoms with E-state index in [4.69, 9.17) is 0 Å². The van der Waals surface area contributed by atoms with E-state index in [0.717, 1.165) is 5.56 Å². The lowest BCUT2D eigenvalue weighted by Gasteiger charge is -2.16. The molecule has 0 unspecified atom stereocenters. The van der Waals surface area contributed by atoms with Crippen LogP contribution in [0.2, 0.25) is 0 Å². The van der Waals surface area contributed by atoms with Gasteiger partial charge in [0.15, 0.2) is 5.12 Å². The summed E-state index contributed by atoms with van der Waals surface area (Å²) in [6.07, 6.45) is 1.30. The van der Waals surface area contributed by atoms with Crippen LogP contribution in [0, 0.1) is 11.8 Å². The summed E-state index contributed by atoms with van der Waals surface area (Å²) in [6.45, 7) is 2.08. The van der Waals surface area contributed by atoms with Crippen molar-refractivity contribution in [3.8, 4) is 11.8 Å². The molecule has 0 bridgehead atoms. The first kappa shape index (κ1) is 15.9. The van der Waals surface area contributed by atoms with Crippen LogP contribution < -0.4 is 4.31 Å². The Morgan fingerprint density at radius 3 is 2.90 bits per heavy atom. The Morgan fingerprint density at radius 2 is 2.24 bits per heavy atom. The van der Waals surface area contributed by atoms with E-state index in [2.05, 4.69) is 11.8 Å². The lowest BCUT2D eigenvalue weighted by molar-refractivity contribution is -0.109. The van der Waals surface area contributed by atoms with Crippen molar-refractivity contribution in [2.45, 2.75) is 19.8 Å². The van der Waals surface area contributed by atoms with Crippen LogP contribution in [0.5, 0.6) is 0 Å². The topological polar surface area (TPSA) is 54.5 Å². The lowest BCUT2D eigenvalue weighted by atomic mass is 10.2. The fraction of sp³-hybridized carbons (Fsp3) is 0.400. The summed E-state index contributed by atoms with van der Waals surface area (Å²) >= 11 is 1.26. The fourth-order valence-corrected chi connectivity index (χ4v) is 4.13. The van der Waals surface area contributed by atoms with Crippen LogP contribution in [0.1, 0.15) is 25.3 Å². The molecule has 0 N–H and O–H groups in total. The summed E-state index contributed by atoms with van der Waals surface area (Å²) in [5.41, 5.74) is 1.47. The normalized spacial score (nSPS) is 16.3. The van der Waals surface area contributed by atoms with Crippen LogP contribution in [0.4, 0.5) is 5.69 Å². The number of carbonyl (C=O) groups excluding carboxylic acids is 1. The van der Waals surface area contributed by atoms with Gasteiger partial charge in [0, 0.05) is 31.2 Å². The van der Waals surface area contributed by atoms with Gasteiger partial charge in [0.1, 0.15) is 0 Å². The molecule has 1 saturated heterocycles. The van der Waals surface area contributed by atoms with Gasteiger partial charge in [0.05, 0.1) is 11.4 Å². The van der Waals surface area contributed by atoms with Crippen LogP contribution in [-0.4, -0.2) is 31.6 Å². The molecule has 0 saturated carbocycles. The number of anilines is 1. The van der Waals surface area contributed by atoms with E-state index in [0.29, 0.717) is 30.8 Å². The maximum absolute atomic E-state index is 11.9. The van der Waals surface area contributed by atoms with Gasteiger partial charge in [0.25, 0.3) is 0 Å². The summed E-state index contributed by atoms with van der Waals surface area (Å²) in [5.74, 6) is 6.91. The first-order valence-corrected chi connectivity index (χ1v) is 9.31. The minimum atomic E-state index is -3.15. The van der Waals surface area contributed by atoms with Crippen LogP contribution >= 0.6 is 11.8 Å². The third kappa shape index (κ3) is 4.51. The molecule has 0 spiro atoms. The smallest absolute Gasteiger partial charge is 0.235 e. The average Bonchev–Trinajstić information content (AvgIpc) is 2.78. The molecule has 0 atom stereocenters. The summed E-state index contributed by atoms with van der Waals surface area (Å²) in [7, 11) is -3.15. The highest BCUT2D eigenvalue weighted by Gasteiger charge is 2.28. The molecule has 21 heavy (non-hydrogen) atoms. The second-order valence-electron chi connectivity index (χ2n) is 4.68. The number of carbonyl (C=O) groups is 1. The van der Waals surface area contributed by atoms with Crippen LogP contribution in [0.3, 0.4) is 0 Å². The second-order valence-corrected chi connectivity index (χ2v) is 7.97. The average molecular weight is 323 g/mol. The number of nitrogens with zero attached hydrogens (tertiary/aromatic N) is 1. The van der Waals surface area contributed by atoms with Crippen LogP contribution in [0.15, 0.2) is 24.3 Å². The van der Waals surface area contributed by atoms with Crippen molar-refractivity contribution >= 4 is 32.6 Å². The molecule has 1 aromatic carbocycles. The third-order valence-corrected chi connectivity index (χ3v) is 5.68. The quantitative estimate of drug-likeness (QED) is 0.632. The largest absolute Gasteiger partial charge is 0.288 e. The van der Waals surface area contributed by atoms with E-state index in [9.17, 15) is 13.2 Å². The first-order chi connectivity index (χ1) is 9.99. The highest BCUT2D eigenvalue weighted by atomic mass is 32.2. The number of hydrogen-bond donors (Lipinski definition) is 0. The zero-order valence-corrected chi connectivity index (χ0v) is 13.5. The zero-order valence-electron chi connectivity index (χ0n) is 11.8. The predicted octanol–water partition coefficient (Wildman–Crippen LogP) is 2.25. The monoisotopic (exact) mass is 323 g/mol. The first-order valence-electron chi connectivity index (χ1n) is 6.72. The van der Waals surface area contributed by atoms with Gasteiger partial charge in [-0.25, -0.2) is 8.42 Å². The molecule has 1 aliphatic heterocycles. The molecule has 0 aromatic heterocycles. The molecule has 6 heteroatoms. The van der Waals surface area contributed by atoms with Gasteiger partial charge >= 0.3 is 0 Å². The molecule has 1 heterocycles. The van der Waals surface area contributed by atoms with Crippen molar-refractivity contribution in [2.75, 3.05) is 22.4 Å². The Bertz CT molecular complexity index is 686. The number of sulfonamides is 1. The van der Waals surface area contributed by atoms with Gasteiger partial charge < -0.3 is 0 Å². The summed E-state index contributed by atoms with van der Waals surface area (Å²) in [4.78, 5) is 10.8. The van der Waals surface area contributed by atoms with Crippen molar-refractivity contribution in [3.63, 3.8) is 0 Å². The highest BCUT2D eigenvalue weighted by Crippen LogP contribution is 2.24. The Morgan fingerprint density at radius 1 is 1.43 bits per heavy atom. The molecule has 0 aliphatic carbocycles. The van der Waals surface area contributed by atoms with Crippen molar-refractivity contribution < 1.29 is 13.2 Å². The van der Waals surface area contributed by atoms with E-state index < -0.39 is 10.0 Å².